The molecule has 2 N–H and O–H groups in total. The number of likely N-dealkylation sites (N-methyl/N-ethyl adjacent to an activating group) is 1. The van der Waals surface area contributed by atoms with Gasteiger partial charge in [-0.15, -0.1) is 0 Å². The Morgan fingerprint density at radius 1 is 1.33 bits per heavy atom. The van der Waals surface area contributed by atoms with Gasteiger partial charge in [0.05, 0.1) is 65.1 Å². The van der Waals surface area contributed by atoms with E-state index in [9.17, 15) is 9.90 Å². The number of aryl methyl sites for hydroxylation is 2. The SMILES string of the molecule is CC.CCC#N.Cc1[nH][n+](C)c2c1-c1cc3c(nn(PI)c3cn1)/C=C/c1c(n(C(C)CO)n(C)c1=O)CN(C)CCO2. The Balaban J connectivity index is 0.000000780. The van der Waals surface area contributed by atoms with Crippen molar-refractivity contribution >= 4 is 51.5 Å². The number of rotatable bonds is 3. The third-order valence-electron chi connectivity index (χ3n) is 6.97. The van der Waals surface area contributed by atoms with Crippen LogP contribution in [0.4, 0.5) is 0 Å². The lowest BCUT2D eigenvalue weighted by Gasteiger charge is -2.22. The Bertz CT molecular complexity index is 1680. The number of aliphatic hydroxyl groups excluding tert-OH is 1. The molecule has 0 saturated heterocycles. The van der Waals surface area contributed by atoms with E-state index in [-0.39, 0.29) is 18.2 Å². The summed E-state index contributed by atoms with van der Waals surface area (Å²) in [6.45, 7) is 11.3. The highest BCUT2D eigenvalue weighted by molar-refractivity contribution is 14.2. The zero-order valence-corrected chi connectivity index (χ0v) is 29.3. The molecule has 2 unspecified atom stereocenters. The maximum absolute atomic E-state index is 13.3. The summed E-state index contributed by atoms with van der Waals surface area (Å²) in [7, 11) is 5.67. The lowest BCUT2D eigenvalue weighted by Crippen LogP contribution is -2.34. The number of pyridine rings is 1. The maximum atomic E-state index is 13.3. The minimum Gasteiger partial charge on any atom is -0.441 e. The van der Waals surface area contributed by atoms with Crippen LogP contribution in [0.5, 0.6) is 5.88 Å². The van der Waals surface area contributed by atoms with Gasteiger partial charge in [0.1, 0.15) is 12.2 Å². The Morgan fingerprint density at radius 3 is 2.65 bits per heavy atom. The van der Waals surface area contributed by atoms with Crippen LogP contribution in [0, 0.1) is 18.3 Å². The molecule has 1 aliphatic rings. The third kappa shape index (κ3) is 7.20. The van der Waals surface area contributed by atoms with E-state index < -0.39 is 0 Å². The average molecular weight is 723 g/mol. The standard InChI is InChI=1S/C24H30IN8O3P.C3H5N.C2H6/c1-14(13-34)32-21-12-29(3)8-9-36-24-22(15(2)27-30(24)4)19-10-17-18(7-6-16(21)23(35)31(32)5)28-33(37-25)20(17)11-26-19;1-2-3-4;1-2/h6-7,10-11,14,34,37H,8-9,12-13H2,1-5H3;2H2,1H3;1-2H3/p+1/b7-6+;;. The highest BCUT2D eigenvalue weighted by Gasteiger charge is 2.27. The van der Waals surface area contributed by atoms with E-state index >= 15 is 0 Å². The van der Waals surface area contributed by atoms with Gasteiger partial charge in [0.25, 0.3) is 5.56 Å². The lowest BCUT2D eigenvalue weighted by atomic mass is 10.1. The largest absolute Gasteiger partial charge is 0.441 e. The number of hydrogen-bond acceptors (Lipinski definition) is 7. The molecular weight excluding hydrogens is 680 g/mol. The van der Waals surface area contributed by atoms with Crippen molar-refractivity contribution in [1.82, 2.24) is 33.9 Å². The van der Waals surface area contributed by atoms with Crippen molar-refractivity contribution in [2.24, 2.45) is 14.1 Å². The summed E-state index contributed by atoms with van der Waals surface area (Å²) in [6.07, 6.45) is 6.65. The molecule has 5 rings (SSSR count). The number of aliphatic hydroxyl groups is 1. The van der Waals surface area contributed by atoms with Crippen molar-refractivity contribution in [2.45, 2.75) is 53.6 Å². The first-order valence-corrected chi connectivity index (χ1v) is 18.3. The van der Waals surface area contributed by atoms with E-state index in [0.717, 1.165) is 45.1 Å². The number of fused-ring (bicyclic) bond motifs is 4. The number of aromatic amines is 1. The van der Waals surface area contributed by atoms with E-state index in [0.29, 0.717) is 38.1 Å². The number of halogens is 1. The van der Waals surface area contributed by atoms with Crippen LogP contribution in [-0.4, -0.2) is 65.8 Å². The van der Waals surface area contributed by atoms with Gasteiger partial charge >= 0.3 is 5.88 Å². The first-order valence-electron chi connectivity index (χ1n) is 14.3. The van der Waals surface area contributed by atoms with Crippen LogP contribution in [0.15, 0.2) is 17.1 Å². The Hall–Kier alpha value is -3.05. The van der Waals surface area contributed by atoms with Crippen LogP contribution >= 0.6 is 28.4 Å². The summed E-state index contributed by atoms with van der Waals surface area (Å²) in [4.78, 5) is 20.2. The Morgan fingerprint density at radius 2 is 2.02 bits per heavy atom. The number of nitrogens with one attached hydrogen (secondary N) is 1. The molecule has 4 aromatic rings. The summed E-state index contributed by atoms with van der Waals surface area (Å²) in [5.41, 5.74) is 5.70. The molecule has 5 heterocycles. The van der Waals surface area contributed by atoms with Gasteiger partial charge in [0.2, 0.25) is 0 Å². The van der Waals surface area contributed by atoms with Crippen molar-refractivity contribution in [1.29, 1.82) is 5.26 Å². The smallest absolute Gasteiger partial charge is 0.402 e. The normalized spacial score (nSPS) is 14.8. The minimum absolute atomic E-state index is 0.0710. The van der Waals surface area contributed by atoms with Crippen LogP contribution in [0.1, 0.15) is 62.8 Å². The number of nitriles is 1. The van der Waals surface area contributed by atoms with Crippen LogP contribution in [0.3, 0.4) is 0 Å². The molecular formula is C29H42IN9O3P+. The van der Waals surface area contributed by atoms with Gasteiger partial charge < -0.3 is 9.84 Å². The third-order valence-corrected chi connectivity index (χ3v) is 8.85. The molecule has 232 valence electrons. The zero-order valence-electron chi connectivity index (χ0n) is 26.1. The minimum atomic E-state index is -0.250. The molecule has 4 aromatic heterocycles. The molecule has 1 aliphatic heterocycles. The second-order valence-electron chi connectivity index (χ2n) is 9.94. The van der Waals surface area contributed by atoms with Crippen molar-refractivity contribution in [2.75, 3.05) is 26.8 Å². The number of H-pyrrole nitrogens is 1. The molecule has 43 heavy (non-hydrogen) atoms. The predicted molar refractivity (Wildman–Crippen MR) is 180 cm³/mol. The molecule has 2 atom stereocenters. The maximum Gasteiger partial charge on any atom is 0.402 e. The number of ether oxygens (including phenoxy) is 1. The summed E-state index contributed by atoms with van der Waals surface area (Å²) < 4.78 is 13.6. The molecule has 0 amide bonds. The van der Waals surface area contributed by atoms with Crippen molar-refractivity contribution in [3.05, 3.63) is 45.3 Å². The number of aromatic nitrogens is 7. The van der Waals surface area contributed by atoms with Gasteiger partial charge in [0.15, 0.2) is 7.05 Å². The second-order valence-corrected chi connectivity index (χ2v) is 12.0. The molecule has 0 aliphatic carbocycles. The fourth-order valence-electron chi connectivity index (χ4n) is 4.98. The zero-order chi connectivity index (χ0) is 31.8. The van der Waals surface area contributed by atoms with E-state index in [2.05, 4.69) is 32.0 Å². The van der Waals surface area contributed by atoms with Crippen LogP contribution in [0.2, 0.25) is 0 Å². The lowest BCUT2D eigenvalue weighted by molar-refractivity contribution is -0.731. The summed E-state index contributed by atoms with van der Waals surface area (Å²) in [6, 6.07) is 3.72. The van der Waals surface area contributed by atoms with Crippen LogP contribution in [-0.2, 0) is 20.6 Å². The summed E-state index contributed by atoms with van der Waals surface area (Å²) >= 11 is 2.31. The molecule has 0 fully saturated rings. The van der Waals surface area contributed by atoms with Gasteiger partial charge in [-0.1, -0.05) is 25.5 Å². The van der Waals surface area contributed by atoms with Gasteiger partial charge in [0, 0.05) is 31.9 Å². The molecule has 0 aromatic carbocycles. The second kappa shape index (κ2) is 15.6. The summed E-state index contributed by atoms with van der Waals surface area (Å²) in [5, 5.41) is 26.6. The highest BCUT2D eigenvalue weighted by atomic mass is 127. The molecule has 0 saturated carbocycles. The first-order chi connectivity index (χ1) is 20.7. The number of nitrogens with zero attached hydrogens (tertiary/aromatic N) is 8. The van der Waals surface area contributed by atoms with E-state index in [1.807, 2.05) is 93.0 Å². The highest BCUT2D eigenvalue weighted by Crippen LogP contribution is 2.35. The fraction of sp³-hybridized carbons (Fsp3) is 0.483. The summed E-state index contributed by atoms with van der Waals surface area (Å²) in [5.74, 6) is 0.721. The van der Waals surface area contributed by atoms with Gasteiger partial charge in [-0.3, -0.25) is 24.0 Å². The monoisotopic (exact) mass is 722 g/mol. The van der Waals surface area contributed by atoms with Crippen LogP contribution < -0.4 is 15.0 Å². The number of hydrogen-bond donors (Lipinski definition) is 2. The van der Waals surface area contributed by atoms with Crippen molar-refractivity contribution in [3.8, 4) is 23.2 Å². The van der Waals surface area contributed by atoms with E-state index in [4.69, 9.17) is 20.1 Å². The predicted octanol–water partition coefficient (Wildman–Crippen LogP) is 4.35. The molecule has 12 nitrogen and oxygen atoms in total. The van der Waals surface area contributed by atoms with Gasteiger partial charge in [-0.05, 0) is 61.2 Å². The van der Waals surface area contributed by atoms with E-state index in [1.165, 1.54) is 0 Å². The Kier molecular flexibility index (Phi) is 12.5. The molecule has 14 heteroatoms. The Labute approximate surface area is 267 Å². The quantitative estimate of drug-likeness (QED) is 0.183. The van der Waals surface area contributed by atoms with Crippen LogP contribution in [0.25, 0.3) is 34.3 Å². The van der Waals surface area contributed by atoms with Gasteiger partial charge in [-0.25, -0.2) is 4.45 Å². The molecule has 0 radical (unpaired) electrons. The average Bonchev–Trinajstić information content (AvgIpc) is 3.59. The van der Waals surface area contributed by atoms with Crippen molar-refractivity contribution in [3.63, 3.8) is 0 Å². The van der Waals surface area contributed by atoms with Crippen molar-refractivity contribution < 1.29 is 14.5 Å². The molecule has 0 spiro atoms. The fourth-order valence-corrected chi connectivity index (χ4v) is 6.50. The first kappa shape index (κ1) is 34.4. The van der Waals surface area contributed by atoms with E-state index in [1.54, 1.807) is 11.7 Å². The van der Waals surface area contributed by atoms with Gasteiger partial charge in [-0.2, -0.15) is 15.5 Å². The molecule has 2 bridgehead atoms. The topological polar surface area (TPSA) is 134 Å².